The van der Waals surface area contributed by atoms with Gasteiger partial charge in [0.25, 0.3) is 0 Å². The lowest BCUT2D eigenvalue weighted by atomic mass is 10.1. The molecule has 0 saturated carbocycles. The third kappa shape index (κ3) is 2.21. The molecule has 1 aromatic carbocycles. The predicted molar refractivity (Wildman–Crippen MR) is 61.0 cm³/mol. The Balaban J connectivity index is 3.01. The van der Waals surface area contributed by atoms with Crippen LogP contribution in [0.4, 0.5) is 0 Å². The van der Waals surface area contributed by atoms with Gasteiger partial charge in [0.05, 0.1) is 4.43 Å². The summed E-state index contributed by atoms with van der Waals surface area (Å²) in [7, 11) is 3.32. The molecule has 0 fully saturated rings. The normalized spacial score (nSPS) is 11.6. The molecule has 0 aliphatic heterocycles. The summed E-state index contributed by atoms with van der Waals surface area (Å²) in [6.07, 6.45) is 0. The number of benzene rings is 1. The molecular weight excluding hydrogens is 279 g/mol. The second kappa shape index (κ2) is 4.93. The summed E-state index contributed by atoms with van der Waals surface area (Å²) in [5, 5.41) is 0. The van der Waals surface area contributed by atoms with Gasteiger partial charge >= 0.3 is 0 Å². The summed E-state index contributed by atoms with van der Waals surface area (Å²) < 4.78 is 11.6. The maximum absolute atomic E-state index is 5.39. The van der Waals surface area contributed by atoms with Crippen molar-refractivity contribution in [1.82, 2.24) is 0 Å². The SMILES string of the molecule is COC(CI)(OC)c1ccccc1. The van der Waals surface area contributed by atoms with Gasteiger partial charge in [-0.2, -0.15) is 0 Å². The highest BCUT2D eigenvalue weighted by molar-refractivity contribution is 14.1. The van der Waals surface area contributed by atoms with Gasteiger partial charge in [-0.1, -0.05) is 52.9 Å². The van der Waals surface area contributed by atoms with Crippen molar-refractivity contribution in [2.24, 2.45) is 0 Å². The van der Waals surface area contributed by atoms with Gasteiger partial charge in [-0.25, -0.2) is 0 Å². The quantitative estimate of drug-likeness (QED) is 0.482. The highest BCUT2D eigenvalue weighted by atomic mass is 127. The van der Waals surface area contributed by atoms with Crippen LogP contribution in [0, 0.1) is 0 Å². The second-order valence-electron chi connectivity index (χ2n) is 2.66. The summed E-state index contributed by atoms with van der Waals surface area (Å²) in [6, 6.07) is 9.95. The standard InChI is InChI=1S/C10H13IO2/c1-12-10(8-11,13-2)9-6-4-3-5-7-9/h3-7H,8H2,1-2H3. The van der Waals surface area contributed by atoms with E-state index in [1.165, 1.54) is 0 Å². The van der Waals surface area contributed by atoms with Gasteiger partial charge in [0, 0.05) is 19.8 Å². The van der Waals surface area contributed by atoms with Gasteiger partial charge in [0.15, 0.2) is 0 Å². The first-order valence-corrected chi connectivity index (χ1v) is 5.53. The first-order chi connectivity index (χ1) is 6.29. The number of hydrogen-bond acceptors (Lipinski definition) is 2. The molecule has 0 unspecified atom stereocenters. The van der Waals surface area contributed by atoms with E-state index in [4.69, 9.17) is 9.47 Å². The zero-order valence-electron chi connectivity index (χ0n) is 7.79. The average Bonchev–Trinajstić information content (AvgIpc) is 2.23. The Morgan fingerprint density at radius 3 is 2.08 bits per heavy atom. The van der Waals surface area contributed by atoms with Gasteiger partial charge in [-0.05, 0) is 0 Å². The highest BCUT2D eigenvalue weighted by Crippen LogP contribution is 2.27. The maximum Gasteiger partial charge on any atom is 0.203 e. The molecule has 1 aromatic rings. The fraction of sp³-hybridized carbons (Fsp3) is 0.400. The van der Waals surface area contributed by atoms with E-state index in [0.717, 1.165) is 9.99 Å². The topological polar surface area (TPSA) is 18.5 Å². The van der Waals surface area contributed by atoms with Gasteiger partial charge in [-0.3, -0.25) is 0 Å². The van der Waals surface area contributed by atoms with E-state index in [0.29, 0.717) is 0 Å². The van der Waals surface area contributed by atoms with E-state index in [9.17, 15) is 0 Å². The highest BCUT2D eigenvalue weighted by Gasteiger charge is 2.30. The summed E-state index contributed by atoms with van der Waals surface area (Å²) in [4.78, 5) is 0. The van der Waals surface area contributed by atoms with Crippen molar-refractivity contribution < 1.29 is 9.47 Å². The largest absolute Gasteiger partial charge is 0.349 e. The minimum absolute atomic E-state index is 0.595. The molecule has 1 rings (SSSR count). The van der Waals surface area contributed by atoms with Crippen molar-refractivity contribution in [3.8, 4) is 0 Å². The lowest BCUT2D eigenvalue weighted by Gasteiger charge is -2.29. The molecule has 0 saturated heterocycles. The van der Waals surface area contributed by atoms with Crippen molar-refractivity contribution in [3.05, 3.63) is 35.9 Å². The molecule has 2 nitrogen and oxygen atoms in total. The Bertz CT molecular complexity index is 236. The van der Waals surface area contributed by atoms with Crippen molar-refractivity contribution in [2.75, 3.05) is 18.6 Å². The number of rotatable bonds is 4. The molecule has 0 radical (unpaired) electrons. The Labute approximate surface area is 92.4 Å². The lowest BCUT2D eigenvalue weighted by Crippen LogP contribution is -2.32. The fourth-order valence-electron chi connectivity index (χ4n) is 1.20. The molecule has 0 aliphatic carbocycles. The number of ether oxygens (including phenoxy) is 2. The van der Waals surface area contributed by atoms with Crippen LogP contribution in [-0.4, -0.2) is 18.6 Å². The number of methoxy groups -OCH3 is 2. The van der Waals surface area contributed by atoms with E-state index in [1.807, 2.05) is 30.3 Å². The zero-order valence-corrected chi connectivity index (χ0v) is 9.95. The summed E-state index contributed by atoms with van der Waals surface area (Å²) >= 11 is 2.26. The Hall–Kier alpha value is -0.130. The van der Waals surface area contributed by atoms with Crippen LogP contribution in [0.15, 0.2) is 30.3 Å². The van der Waals surface area contributed by atoms with Gasteiger partial charge < -0.3 is 9.47 Å². The van der Waals surface area contributed by atoms with Crippen molar-refractivity contribution in [1.29, 1.82) is 0 Å². The van der Waals surface area contributed by atoms with Crippen LogP contribution in [0.2, 0.25) is 0 Å². The Kier molecular flexibility index (Phi) is 4.15. The van der Waals surface area contributed by atoms with E-state index in [2.05, 4.69) is 22.6 Å². The molecule has 72 valence electrons. The predicted octanol–water partition coefficient (Wildman–Crippen LogP) is 2.57. The summed E-state index contributed by atoms with van der Waals surface area (Å²) in [5.74, 6) is -0.595. The van der Waals surface area contributed by atoms with Gasteiger partial charge in [0.2, 0.25) is 5.79 Å². The molecule has 0 N–H and O–H groups in total. The smallest absolute Gasteiger partial charge is 0.203 e. The van der Waals surface area contributed by atoms with Crippen LogP contribution in [0.3, 0.4) is 0 Å². The molecule has 0 amide bonds. The maximum atomic E-state index is 5.39. The fourth-order valence-corrected chi connectivity index (χ4v) is 2.26. The molecule has 0 aliphatic rings. The van der Waals surface area contributed by atoms with E-state index >= 15 is 0 Å². The second-order valence-corrected chi connectivity index (χ2v) is 3.42. The first kappa shape index (κ1) is 10.9. The van der Waals surface area contributed by atoms with E-state index in [-0.39, 0.29) is 0 Å². The molecule has 0 aromatic heterocycles. The molecule has 0 heterocycles. The Morgan fingerprint density at radius 2 is 1.69 bits per heavy atom. The van der Waals surface area contributed by atoms with Crippen LogP contribution in [0.5, 0.6) is 0 Å². The van der Waals surface area contributed by atoms with Gasteiger partial charge in [0.1, 0.15) is 0 Å². The molecule has 3 heteroatoms. The third-order valence-corrected chi connectivity index (χ3v) is 3.05. The van der Waals surface area contributed by atoms with Crippen LogP contribution in [-0.2, 0) is 15.3 Å². The van der Waals surface area contributed by atoms with Gasteiger partial charge in [-0.15, -0.1) is 0 Å². The van der Waals surface area contributed by atoms with Crippen LogP contribution >= 0.6 is 22.6 Å². The number of hydrogen-bond donors (Lipinski definition) is 0. The monoisotopic (exact) mass is 292 g/mol. The van der Waals surface area contributed by atoms with Crippen molar-refractivity contribution in [2.45, 2.75) is 5.79 Å². The minimum Gasteiger partial charge on any atom is -0.349 e. The minimum atomic E-state index is -0.595. The molecule has 0 atom stereocenters. The van der Waals surface area contributed by atoms with Crippen molar-refractivity contribution >= 4 is 22.6 Å². The van der Waals surface area contributed by atoms with Crippen LogP contribution in [0.25, 0.3) is 0 Å². The Morgan fingerprint density at radius 1 is 1.15 bits per heavy atom. The van der Waals surface area contributed by atoms with Crippen molar-refractivity contribution in [3.63, 3.8) is 0 Å². The van der Waals surface area contributed by atoms with Crippen LogP contribution < -0.4 is 0 Å². The van der Waals surface area contributed by atoms with E-state index in [1.54, 1.807) is 14.2 Å². The molecule has 0 spiro atoms. The molecular formula is C10H13IO2. The number of alkyl halides is 1. The van der Waals surface area contributed by atoms with Crippen LogP contribution in [0.1, 0.15) is 5.56 Å². The van der Waals surface area contributed by atoms with E-state index < -0.39 is 5.79 Å². The summed E-state index contributed by atoms with van der Waals surface area (Å²) in [6.45, 7) is 0. The molecule has 0 bridgehead atoms. The molecule has 13 heavy (non-hydrogen) atoms. The average molecular weight is 292 g/mol. The zero-order chi connectivity index (χ0) is 9.73. The summed E-state index contributed by atoms with van der Waals surface area (Å²) in [5.41, 5.74) is 1.05. The third-order valence-electron chi connectivity index (χ3n) is 2.05. The number of halogens is 1. The first-order valence-electron chi connectivity index (χ1n) is 4.01. The lowest BCUT2D eigenvalue weighted by molar-refractivity contribution is -0.195.